The fraction of sp³-hybridized carbons (Fsp3) is 0.111. The number of nitrogens with two attached hydrogens (primary N) is 1. The maximum Gasteiger partial charge on any atom is 0.251 e. The molecule has 8 nitrogen and oxygen atoms in total. The minimum Gasteiger partial charge on any atom is -0.380 e. The van der Waals surface area contributed by atoms with Gasteiger partial charge in [-0.15, -0.1) is 0 Å². The second kappa shape index (κ2) is 9.64. The number of carbonyl (C=O) groups is 1. The van der Waals surface area contributed by atoms with Crippen LogP contribution in [0.5, 0.6) is 0 Å². The third-order valence-corrected chi connectivity index (χ3v) is 5.76. The maximum atomic E-state index is 12.7. The minimum absolute atomic E-state index is 0.0286. The Morgan fingerprint density at radius 3 is 2.60 bits per heavy atom. The van der Waals surface area contributed by atoms with Crippen molar-refractivity contribution < 1.29 is 9.32 Å². The van der Waals surface area contributed by atoms with Gasteiger partial charge in [0.2, 0.25) is 0 Å². The molecule has 35 heavy (non-hydrogen) atoms. The van der Waals surface area contributed by atoms with Crippen molar-refractivity contribution in [1.82, 2.24) is 20.0 Å². The fourth-order valence-electron chi connectivity index (χ4n) is 3.87. The molecule has 5 rings (SSSR count). The summed E-state index contributed by atoms with van der Waals surface area (Å²) in [5.74, 6) is 0.163. The molecular formula is C27H23N5O3. The van der Waals surface area contributed by atoms with Crippen LogP contribution in [-0.2, 0) is 19.5 Å². The molecule has 0 radical (unpaired) electrons. The second-order valence-corrected chi connectivity index (χ2v) is 8.28. The first kappa shape index (κ1) is 22.1. The highest BCUT2D eigenvalue weighted by atomic mass is 16.5. The zero-order valence-corrected chi connectivity index (χ0v) is 18.8. The smallest absolute Gasteiger partial charge is 0.251 e. The van der Waals surface area contributed by atoms with Crippen molar-refractivity contribution in [2.45, 2.75) is 19.5 Å². The topological polar surface area (TPSA) is 116 Å². The molecule has 1 amide bonds. The van der Waals surface area contributed by atoms with Crippen LogP contribution >= 0.6 is 0 Å². The summed E-state index contributed by atoms with van der Waals surface area (Å²) >= 11 is 0. The van der Waals surface area contributed by atoms with E-state index in [0.29, 0.717) is 36.5 Å². The number of rotatable bonds is 7. The number of benzene rings is 2. The Kier molecular flexibility index (Phi) is 6.09. The summed E-state index contributed by atoms with van der Waals surface area (Å²) in [5.41, 5.74) is 10.6. The lowest BCUT2D eigenvalue weighted by Gasteiger charge is -2.08. The van der Waals surface area contributed by atoms with Crippen LogP contribution < -0.4 is 16.6 Å². The molecule has 0 saturated heterocycles. The van der Waals surface area contributed by atoms with Crippen LogP contribution in [0.1, 0.15) is 32.7 Å². The summed E-state index contributed by atoms with van der Waals surface area (Å²) in [7, 11) is 0. The van der Waals surface area contributed by atoms with E-state index in [0.717, 1.165) is 27.8 Å². The molecule has 3 aromatic heterocycles. The summed E-state index contributed by atoms with van der Waals surface area (Å²) in [5, 5.41) is 7.42. The summed E-state index contributed by atoms with van der Waals surface area (Å²) in [6.45, 7) is 0.865. The van der Waals surface area contributed by atoms with E-state index in [1.165, 1.54) is 0 Å². The van der Waals surface area contributed by atoms with E-state index < -0.39 is 0 Å². The number of aromatic nitrogens is 3. The van der Waals surface area contributed by atoms with Gasteiger partial charge in [-0.3, -0.25) is 14.6 Å². The third kappa shape index (κ3) is 5.11. The van der Waals surface area contributed by atoms with Gasteiger partial charge in [-0.25, -0.2) is 0 Å². The monoisotopic (exact) mass is 465 g/mol. The number of hydrogen-bond acceptors (Lipinski definition) is 6. The summed E-state index contributed by atoms with van der Waals surface area (Å²) in [4.78, 5) is 29.0. The predicted molar refractivity (Wildman–Crippen MR) is 133 cm³/mol. The molecule has 0 aliphatic rings. The molecule has 0 spiro atoms. The highest BCUT2D eigenvalue weighted by Gasteiger charge is 2.10. The molecule has 0 aliphatic carbocycles. The second-order valence-electron chi connectivity index (χ2n) is 8.28. The molecule has 3 heterocycles. The van der Waals surface area contributed by atoms with Gasteiger partial charge < -0.3 is 20.1 Å². The normalized spacial score (nSPS) is 11.0. The Morgan fingerprint density at radius 1 is 0.971 bits per heavy atom. The van der Waals surface area contributed by atoms with Gasteiger partial charge in [-0.2, -0.15) is 0 Å². The van der Waals surface area contributed by atoms with Crippen molar-refractivity contribution in [2.24, 2.45) is 0 Å². The molecule has 2 aromatic carbocycles. The number of hydrogen-bond donors (Lipinski definition) is 2. The highest BCUT2D eigenvalue weighted by Crippen LogP contribution is 2.21. The van der Waals surface area contributed by atoms with Gasteiger partial charge in [0.25, 0.3) is 11.5 Å². The SMILES string of the molecule is Nc1noc2cc(CNC(=O)c3ccnc(Cc4ccc(Cn5ccccc5=O)cc4)c3)ccc12. The number of amides is 1. The molecule has 0 saturated carbocycles. The lowest BCUT2D eigenvalue weighted by atomic mass is 10.1. The van der Waals surface area contributed by atoms with E-state index in [2.05, 4.69) is 15.5 Å². The van der Waals surface area contributed by atoms with Crippen LogP contribution in [0.15, 0.2) is 94.5 Å². The average Bonchev–Trinajstić information content (AvgIpc) is 3.25. The van der Waals surface area contributed by atoms with Crippen LogP contribution in [0.2, 0.25) is 0 Å². The molecule has 0 atom stereocenters. The quantitative estimate of drug-likeness (QED) is 0.380. The largest absolute Gasteiger partial charge is 0.380 e. The fourth-order valence-corrected chi connectivity index (χ4v) is 3.87. The molecule has 8 heteroatoms. The van der Waals surface area contributed by atoms with Gasteiger partial charge in [-0.1, -0.05) is 41.6 Å². The zero-order chi connectivity index (χ0) is 24.2. The molecule has 5 aromatic rings. The summed E-state index contributed by atoms with van der Waals surface area (Å²) in [6, 6.07) is 22.2. The van der Waals surface area contributed by atoms with E-state index in [1.807, 2.05) is 48.5 Å². The van der Waals surface area contributed by atoms with Gasteiger partial charge in [0.15, 0.2) is 11.4 Å². The van der Waals surface area contributed by atoms with E-state index in [1.54, 1.807) is 41.2 Å². The highest BCUT2D eigenvalue weighted by molar-refractivity contribution is 5.94. The van der Waals surface area contributed by atoms with Gasteiger partial charge in [0, 0.05) is 42.7 Å². The lowest BCUT2D eigenvalue weighted by molar-refractivity contribution is 0.0950. The number of fused-ring (bicyclic) bond motifs is 1. The van der Waals surface area contributed by atoms with Crippen molar-refractivity contribution >= 4 is 22.7 Å². The van der Waals surface area contributed by atoms with Gasteiger partial charge in [0.1, 0.15) is 0 Å². The first-order valence-electron chi connectivity index (χ1n) is 11.2. The van der Waals surface area contributed by atoms with Crippen LogP contribution in [0.3, 0.4) is 0 Å². The Labute approximate surface area is 201 Å². The number of anilines is 1. The van der Waals surface area contributed by atoms with Crippen LogP contribution in [0.4, 0.5) is 5.82 Å². The molecule has 174 valence electrons. The standard InChI is InChI=1S/C27H23N5O3/c28-26-23-9-8-20(14-24(23)35-31-26)16-30-27(34)21-10-11-29-22(15-21)13-18-4-6-19(7-5-18)17-32-12-2-1-3-25(32)33/h1-12,14-15H,13,16-17H2,(H2,28,31)(H,30,34). The number of carbonyl (C=O) groups excluding carboxylic acids is 1. The van der Waals surface area contributed by atoms with Crippen LogP contribution in [0, 0.1) is 0 Å². The third-order valence-electron chi connectivity index (χ3n) is 5.76. The van der Waals surface area contributed by atoms with Crippen molar-refractivity contribution in [3.63, 3.8) is 0 Å². The first-order valence-corrected chi connectivity index (χ1v) is 11.2. The van der Waals surface area contributed by atoms with Gasteiger partial charge >= 0.3 is 0 Å². The van der Waals surface area contributed by atoms with Gasteiger partial charge in [-0.05, 0) is 47.0 Å². The van der Waals surface area contributed by atoms with Crippen LogP contribution in [0.25, 0.3) is 11.0 Å². The van der Waals surface area contributed by atoms with Gasteiger partial charge in [0.05, 0.1) is 11.9 Å². The zero-order valence-electron chi connectivity index (χ0n) is 18.8. The number of nitrogens with zero attached hydrogens (tertiary/aromatic N) is 3. The number of nitrogen functional groups attached to an aromatic ring is 1. The average molecular weight is 466 g/mol. The summed E-state index contributed by atoms with van der Waals surface area (Å²) in [6.07, 6.45) is 4.01. The predicted octanol–water partition coefficient (Wildman–Crippen LogP) is 3.54. The Morgan fingerprint density at radius 2 is 1.77 bits per heavy atom. The van der Waals surface area contributed by atoms with Crippen molar-refractivity contribution in [1.29, 1.82) is 0 Å². The summed E-state index contributed by atoms with van der Waals surface area (Å²) < 4.78 is 6.85. The van der Waals surface area contributed by atoms with Crippen molar-refractivity contribution in [3.05, 3.63) is 123 Å². The molecule has 3 N–H and O–H groups in total. The number of pyridine rings is 2. The van der Waals surface area contributed by atoms with Crippen molar-refractivity contribution in [2.75, 3.05) is 5.73 Å². The van der Waals surface area contributed by atoms with E-state index in [-0.39, 0.29) is 11.5 Å². The first-order chi connectivity index (χ1) is 17.0. The molecule has 0 fully saturated rings. The molecule has 0 unspecified atom stereocenters. The molecular weight excluding hydrogens is 442 g/mol. The van der Waals surface area contributed by atoms with E-state index in [9.17, 15) is 9.59 Å². The molecule has 0 aliphatic heterocycles. The lowest BCUT2D eigenvalue weighted by Crippen LogP contribution is -2.23. The van der Waals surface area contributed by atoms with E-state index >= 15 is 0 Å². The molecule has 0 bridgehead atoms. The van der Waals surface area contributed by atoms with Crippen molar-refractivity contribution in [3.8, 4) is 0 Å². The Bertz CT molecular complexity index is 1550. The minimum atomic E-state index is -0.186. The number of nitrogens with one attached hydrogen (secondary N) is 1. The van der Waals surface area contributed by atoms with E-state index in [4.69, 9.17) is 10.3 Å². The maximum absolute atomic E-state index is 12.7. The Hall–Kier alpha value is -4.72. The Balaban J connectivity index is 1.21. The van der Waals surface area contributed by atoms with Crippen LogP contribution in [-0.4, -0.2) is 20.6 Å².